The van der Waals surface area contributed by atoms with Gasteiger partial charge >= 0.3 is 0 Å². The van der Waals surface area contributed by atoms with Gasteiger partial charge in [0.15, 0.2) is 0 Å². The summed E-state index contributed by atoms with van der Waals surface area (Å²) in [5, 5.41) is 4.22. The number of carbonyl (C=O) groups is 1. The minimum atomic E-state index is -0.0783. The van der Waals surface area contributed by atoms with Gasteiger partial charge in [0.1, 0.15) is 0 Å². The largest absolute Gasteiger partial charge is 0.322 e. The summed E-state index contributed by atoms with van der Waals surface area (Å²) in [7, 11) is 0. The smallest absolute Gasteiger partial charge is 0.255 e. The number of carbonyl (C=O) groups excluding carboxylic acids is 1. The molecule has 1 heterocycles. The van der Waals surface area contributed by atoms with Crippen LogP contribution in [0.15, 0.2) is 48.5 Å². The van der Waals surface area contributed by atoms with E-state index in [1.54, 1.807) is 11.3 Å². The van der Waals surface area contributed by atoms with E-state index in [4.69, 9.17) is 4.98 Å². The molecule has 1 aliphatic carbocycles. The molecule has 1 aromatic heterocycles. The summed E-state index contributed by atoms with van der Waals surface area (Å²) in [6.45, 7) is 0. The molecule has 0 unspecified atom stereocenters. The van der Waals surface area contributed by atoms with Crippen LogP contribution in [-0.2, 0) is 0 Å². The molecule has 0 bridgehead atoms. The highest BCUT2D eigenvalue weighted by molar-refractivity contribution is 7.18. The summed E-state index contributed by atoms with van der Waals surface area (Å²) < 4.78 is 1.15. The van der Waals surface area contributed by atoms with E-state index >= 15 is 0 Å². The predicted molar refractivity (Wildman–Crippen MR) is 95.2 cm³/mol. The third kappa shape index (κ3) is 2.99. The van der Waals surface area contributed by atoms with Gasteiger partial charge in [0.25, 0.3) is 5.91 Å². The zero-order valence-corrected chi connectivity index (χ0v) is 13.6. The molecule has 3 aromatic rings. The van der Waals surface area contributed by atoms with Crippen molar-refractivity contribution in [2.24, 2.45) is 0 Å². The maximum Gasteiger partial charge on any atom is 0.255 e. The van der Waals surface area contributed by atoms with E-state index in [-0.39, 0.29) is 5.91 Å². The van der Waals surface area contributed by atoms with Gasteiger partial charge in [0.05, 0.1) is 15.2 Å². The van der Waals surface area contributed by atoms with Crippen molar-refractivity contribution in [3.05, 3.63) is 59.1 Å². The number of fused-ring (bicyclic) bond motifs is 1. The molecule has 1 amide bonds. The first kappa shape index (κ1) is 14.4. The van der Waals surface area contributed by atoms with E-state index < -0.39 is 0 Å². The number of aromatic nitrogens is 1. The van der Waals surface area contributed by atoms with E-state index in [1.165, 1.54) is 30.7 Å². The van der Waals surface area contributed by atoms with Crippen molar-refractivity contribution < 1.29 is 4.79 Å². The average Bonchev–Trinajstić information content (AvgIpc) is 3.24. The lowest BCUT2D eigenvalue weighted by Crippen LogP contribution is -2.11. The summed E-state index contributed by atoms with van der Waals surface area (Å²) in [6.07, 6.45) is 5.16. The number of benzene rings is 2. The van der Waals surface area contributed by atoms with Crippen molar-refractivity contribution >= 4 is 33.1 Å². The standard InChI is InChI=1S/C19H18N2OS/c22-18(13-6-2-1-3-7-13)20-15-10-11-16-17(12-15)23-19(21-16)14-8-4-5-9-14/h1-3,6-7,10-12,14H,4-5,8-9H2,(H,20,22). The molecular formula is C19H18N2OS. The average molecular weight is 322 g/mol. The van der Waals surface area contributed by atoms with Crippen LogP contribution in [-0.4, -0.2) is 10.9 Å². The number of hydrogen-bond acceptors (Lipinski definition) is 3. The molecule has 116 valence electrons. The van der Waals surface area contributed by atoms with Crippen LogP contribution in [0.4, 0.5) is 5.69 Å². The van der Waals surface area contributed by atoms with Crippen LogP contribution in [0.25, 0.3) is 10.2 Å². The second-order valence-electron chi connectivity index (χ2n) is 6.04. The van der Waals surface area contributed by atoms with Crippen LogP contribution >= 0.6 is 11.3 Å². The van der Waals surface area contributed by atoms with Gasteiger partial charge in [0, 0.05) is 17.2 Å². The lowest BCUT2D eigenvalue weighted by molar-refractivity contribution is 0.102. The molecule has 0 aliphatic heterocycles. The van der Waals surface area contributed by atoms with Gasteiger partial charge in [-0.1, -0.05) is 31.0 Å². The third-order valence-corrected chi connectivity index (χ3v) is 5.58. The molecule has 0 saturated heterocycles. The van der Waals surface area contributed by atoms with Crippen molar-refractivity contribution in [2.75, 3.05) is 5.32 Å². The van der Waals surface area contributed by atoms with E-state index in [0.717, 1.165) is 15.9 Å². The van der Waals surface area contributed by atoms with E-state index in [9.17, 15) is 4.79 Å². The van der Waals surface area contributed by atoms with Gasteiger partial charge in [-0.2, -0.15) is 0 Å². The highest BCUT2D eigenvalue weighted by Crippen LogP contribution is 2.38. The van der Waals surface area contributed by atoms with Gasteiger partial charge in [0.2, 0.25) is 0 Å². The van der Waals surface area contributed by atoms with Crippen LogP contribution in [0.3, 0.4) is 0 Å². The monoisotopic (exact) mass is 322 g/mol. The summed E-state index contributed by atoms with van der Waals surface area (Å²) >= 11 is 1.77. The normalized spacial score (nSPS) is 15.1. The number of nitrogens with one attached hydrogen (secondary N) is 1. The third-order valence-electron chi connectivity index (χ3n) is 4.40. The molecule has 0 spiro atoms. The molecular weight excluding hydrogens is 304 g/mol. The predicted octanol–water partition coefficient (Wildman–Crippen LogP) is 5.21. The van der Waals surface area contributed by atoms with Gasteiger partial charge in [-0.25, -0.2) is 4.98 Å². The summed E-state index contributed by atoms with van der Waals surface area (Å²) in [4.78, 5) is 17.0. The van der Waals surface area contributed by atoms with E-state index in [2.05, 4.69) is 5.32 Å². The Balaban J connectivity index is 1.57. The number of amides is 1. The first-order chi connectivity index (χ1) is 11.3. The molecule has 0 radical (unpaired) electrons. The number of rotatable bonds is 3. The Morgan fingerprint density at radius 2 is 1.87 bits per heavy atom. The molecule has 4 rings (SSSR count). The van der Waals surface area contributed by atoms with Crippen molar-refractivity contribution in [3.8, 4) is 0 Å². The number of nitrogens with zero attached hydrogens (tertiary/aromatic N) is 1. The van der Waals surface area contributed by atoms with Gasteiger partial charge < -0.3 is 5.32 Å². The minimum Gasteiger partial charge on any atom is -0.322 e. The quantitative estimate of drug-likeness (QED) is 0.719. The molecule has 1 aliphatic rings. The van der Waals surface area contributed by atoms with Crippen LogP contribution in [0, 0.1) is 0 Å². The lowest BCUT2D eigenvalue weighted by Gasteiger charge is -2.04. The number of anilines is 1. The Kier molecular flexibility index (Phi) is 3.83. The van der Waals surface area contributed by atoms with Crippen LogP contribution in [0.2, 0.25) is 0 Å². The van der Waals surface area contributed by atoms with Crippen molar-refractivity contribution in [2.45, 2.75) is 31.6 Å². The fourth-order valence-electron chi connectivity index (χ4n) is 3.16. The molecule has 3 nitrogen and oxygen atoms in total. The molecule has 4 heteroatoms. The van der Waals surface area contributed by atoms with Crippen molar-refractivity contribution in [3.63, 3.8) is 0 Å². The SMILES string of the molecule is O=C(Nc1ccc2nc(C3CCCC3)sc2c1)c1ccccc1. The van der Waals surface area contributed by atoms with E-state index in [0.29, 0.717) is 11.5 Å². The van der Waals surface area contributed by atoms with E-state index in [1.807, 2.05) is 48.5 Å². The first-order valence-corrected chi connectivity index (χ1v) is 8.88. The second-order valence-corrected chi connectivity index (χ2v) is 7.10. The van der Waals surface area contributed by atoms with Crippen molar-refractivity contribution in [1.29, 1.82) is 0 Å². The summed E-state index contributed by atoms with van der Waals surface area (Å²) in [5.41, 5.74) is 2.53. The van der Waals surface area contributed by atoms with Crippen LogP contribution < -0.4 is 5.32 Å². The van der Waals surface area contributed by atoms with Crippen LogP contribution in [0.5, 0.6) is 0 Å². The Morgan fingerprint density at radius 3 is 2.65 bits per heavy atom. The molecule has 1 fully saturated rings. The van der Waals surface area contributed by atoms with Gasteiger partial charge in [-0.15, -0.1) is 11.3 Å². The Hall–Kier alpha value is -2.20. The topological polar surface area (TPSA) is 42.0 Å². The van der Waals surface area contributed by atoms with Crippen LogP contribution in [0.1, 0.15) is 47.0 Å². The number of hydrogen-bond donors (Lipinski definition) is 1. The maximum absolute atomic E-state index is 12.2. The fraction of sp³-hybridized carbons (Fsp3) is 0.263. The zero-order chi connectivity index (χ0) is 15.6. The zero-order valence-electron chi connectivity index (χ0n) is 12.8. The maximum atomic E-state index is 12.2. The highest BCUT2D eigenvalue weighted by Gasteiger charge is 2.20. The van der Waals surface area contributed by atoms with Gasteiger partial charge in [-0.05, 0) is 43.2 Å². The minimum absolute atomic E-state index is 0.0783. The second kappa shape index (κ2) is 6.13. The summed E-state index contributed by atoms with van der Waals surface area (Å²) in [5.74, 6) is 0.556. The first-order valence-electron chi connectivity index (χ1n) is 8.06. The molecule has 2 aromatic carbocycles. The highest BCUT2D eigenvalue weighted by atomic mass is 32.1. The Labute approximate surface area is 139 Å². The molecule has 1 N–H and O–H groups in total. The summed E-state index contributed by atoms with van der Waals surface area (Å²) in [6, 6.07) is 15.3. The Morgan fingerprint density at radius 1 is 1.09 bits per heavy atom. The molecule has 1 saturated carbocycles. The fourth-order valence-corrected chi connectivity index (χ4v) is 4.34. The van der Waals surface area contributed by atoms with Crippen molar-refractivity contribution in [1.82, 2.24) is 4.98 Å². The molecule has 0 atom stereocenters. The number of thiazole rings is 1. The molecule has 23 heavy (non-hydrogen) atoms. The lowest BCUT2D eigenvalue weighted by atomic mass is 10.1. The Bertz CT molecular complexity index is 835. The van der Waals surface area contributed by atoms with Gasteiger partial charge in [-0.3, -0.25) is 4.79 Å².